The summed E-state index contributed by atoms with van der Waals surface area (Å²) in [6.45, 7) is 1.69. The second-order valence-electron chi connectivity index (χ2n) is 4.06. The van der Waals surface area contributed by atoms with Crippen molar-refractivity contribution in [1.82, 2.24) is 9.97 Å². The highest BCUT2D eigenvalue weighted by Crippen LogP contribution is 2.14. The highest BCUT2D eigenvalue weighted by atomic mass is 16.4. The minimum Gasteiger partial charge on any atom is -0.478 e. The van der Waals surface area contributed by atoms with Crippen LogP contribution in [0.25, 0.3) is 0 Å². The summed E-state index contributed by atoms with van der Waals surface area (Å²) in [6, 6.07) is 4.22. The molecule has 0 aliphatic rings. The Labute approximate surface area is 113 Å². The number of rotatable bonds is 3. The molecule has 7 heteroatoms. The molecule has 0 radical (unpaired) electrons. The van der Waals surface area contributed by atoms with Crippen LogP contribution >= 0.6 is 0 Å². The monoisotopic (exact) mass is 273 g/mol. The number of aromatic carboxylic acids is 1. The molecule has 0 fully saturated rings. The molecule has 0 saturated carbocycles. The number of nitrogens with one attached hydrogen (secondary N) is 2. The van der Waals surface area contributed by atoms with Crippen LogP contribution < -0.4 is 10.9 Å². The molecule has 1 amide bonds. The Hall–Kier alpha value is -2.96. The van der Waals surface area contributed by atoms with Crippen molar-refractivity contribution in [1.29, 1.82) is 0 Å². The Kier molecular flexibility index (Phi) is 3.60. The Balaban J connectivity index is 2.33. The highest BCUT2D eigenvalue weighted by Gasteiger charge is 2.15. The lowest BCUT2D eigenvalue weighted by atomic mass is 10.2. The standard InChI is InChI=1S/C13H11N3O4/c1-7-2-3-9(11(17)15-7)12(18)16-10-6-14-5-4-8(10)13(19)20/h2-6H,1H3,(H,15,17)(H,16,18)(H,19,20). The van der Waals surface area contributed by atoms with Crippen LogP contribution in [0.2, 0.25) is 0 Å². The molecule has 2 heterocycles. The van der Waals surface area contributed by atoms with E-state index in [0.29, 0.717) is 5.69 Å². The van der Waals surface area contributed by atoms with Gasteiger partial charge in [0.25, 0.3) is 11.5 Å². The van der Waals surface area contributed by atoms with Gasteiger partial charge >= 0.3 is 5.97 Å². The topological polar surface area (TPSA) is 112 Å². The number of carbonyl (C=O) groups excluding carboxylic acids is 1. The van der Waals surface area contributed by atoms with Crippen molar-refractivity contribution in [3.05, 3.63) is 57.8 Å². The minimum absolute atomic E-state index is 0.0324. The fraction of sp³-hybridized carbons (Fsp3) is 0.0769. The maximum absolute atomic E-state index is 12.0. The number of hydrogen-bond donors (Lipinski definition) is 3. The molecule has 0 aliphatic heterocycles. The summed E-state index contributed by atoms with van der Waals surface area (Å²) < 4.78 is 0. The number of pyridine rings is 2. The summed E-state index contributed by atoms with van der Waals surface area (Å²) in [4.78, 5) is 40.9. The van der Waals surface area contributed by atoms with Crippen LogP contribution in [0.1, 0.15) is 26.4 Å². The van der Waals surface area contributed by atoms with Gasteiger partial charge in [-0.05, 0) is 25.1 Å². The largest absolute Gasteiger partial charge is 0.478 e. The van der Waals surface area contributed by atoms with Gasteiger partial charge in [-0.15, -0.1) is 0 Å². The second kappa shape index (κ2) is 5.35. The van der Waals surface area contributed by atoms with Crippen molar-refractivity contribution >= 4 is 17.6 Å². The molecule has 0 spiro atoms. The lowest BCUT2D eigenvalue weighted by Gasteiger charge is -2.07. The Morgan fingerprint density at radius 2 is 2.00 bits per heavy atom. The number of carboxylic acids is 1. The molecular weight excluding hydrogens is 262 g/mol. The van der Waals surface area contributed by atoms with E-state index < -0.39 is 17.4 Å². The van der Waals surface area contributed by atoms with Crippen LogP contribution in [-0.2, 0) is 0 Å². The van der Waals surface area contributed by atoms with Gasteiger partial charge in [-0.3, -0.25) is 14.6 Å². The number of carbonyl (C=O) groups is 2. The molecule has 2 rings (SSSR count). The molecule has 2 aromatic rings. The van der Waals surface area contributed by atoms with Crippen LogP contribution in [0.15, 0.2) is 35.4 Å². The molecule has 2 aromatic heterocycles. The molecule has 0 saturated heterocycles. The van der Waals surface area contributed by atoms with Crippen LogP contribution in [0, 0.1) is 6.92 Å². The minimum atomic E-state index is -1.19. The van der Waals surface area contributed by atoms with Gasteiger partial charge in [-0.2, -0.15) is 0 Å². The summed E-state index contributed by atoms with van der Waals surface area (Å²) in [5.74, 6) is -1.89. The number of aromatic nitrogens is 2. The number of nitrogens with zero attached hydrogens (tertiary/aromatic N) is 1. The first kappa shape index (κ1) is 13.5. The van der Waals surface area contributed by atoms with Crippen molar-refractivity contribution in [3.63, 3.8) is 0 Å². The van der Waals surface area contributed by atoms with Gasteiger partial charge < -0.3 is 15.4 Å². The van der Waals surface area contributed by atoms with Crippen molar-refractivity contribution in [2.75, 3.05) is 5.32 Å². The number of aromatic amines is 1. The van der Waals surface area contributed by atoms with Crippen LogP contribution in [0.5, 0.6) is 0 Å². The van der Waals surface area contributed by atoms with Crippen molar-refractivity contribution in [2.45, 2.75) is 6.92 Å². The van der Waals surface area contributed by atoms with Crippen molar-refractivity contribution < 1.29 is 14.7 Å². The SMILES string of the molecule is Cc1ccc(C(=O)Nc2cnccc2C(=O)O)c(=O)[nH]1. The average Bonchev–Trinajstić information content (AvgIpc) is 2.38. The molecule has 3 N–H and O–H groups in total. The summed E-state index contributed by atoms with van der Waals surface area (Å²) in [5, 5.41) is 11.4. The normalized spacial score (nSPS) is 10.1. The highest BCUT2D eigenvalue weighted by molar-refractivity contribution is 6.07. The third-order valence-electron chi connectivity index (χ3n) is 2.60. The number of hydrogen-bond acceptors (Lipinski definition) is 4. The van der Waals surface area contributed by atoms with E-state index >= 15 is 0 Å². The molecule has 0 aromatic carbocycles. The molecular formula is C13H11N3O4. The zero-order valence-corrected chi connectivity index (χ0v) is 10.5. The van der Waals surface area contributed by atoms with Gasteiger partial charge in [0.2, 0.25) is 0 Å². The van der Waals surface area contributed by atoms with Crippen LogP contribution in [0.4, 0.5) is 5.69 Å². The van der Waals surface area contributed by atoms with E-state index in [2.05, 4.69) is 15.3 Å². The average molecular weight is 273 g/mol. The summed E-state index contributed by atoms with van der Waals surface area (Å²) in [5.41, 5.74) is -0.0833. The Morgan fingerprint density at radius 1 is 1.25 bits per heavy atom. The van der Waals surface area contributed by atoms with Gasteiger partial charge in [0.05, 0.1) is 17.4 Å². The third-order valence-corrected chi connectivity index (χ3v) is 2.60. The number of amides is 1. The van der Waals surface area contributed by atoms with Gasteiger partial charge in [0.15, 0.2) is 0 Å². The lowest BCUT2D eigenvalue weighted by Crippen LogP contribution is -2.24. The van der Waals surface area contributed by atoms with Crippen molar-refractivity contribution in [2.24, 2.45) is 0 Å². The van der Waals surface area contributed by atoms with Gasteiger partial charge in [-0.1, -0.05) is 0 Å². The molecule has 0 atom stereocenters. The van der Waals surface area contributed by atoms with Gasteiger partial charge in [0, 0.05) is 11.9 Å². The quantitative estimate of drug-likeness (QED) is 0.773. The van der Waals surface area contributed by atoms with Gasteiger partial charge in [0.1, 0.15) is 5.56 Å². The fourth-order valence-electron chi connectivity index (χ4n) is 1.62. The number of H-pyrrole nitrogens is 1. The van der Waals surface area contributed by atoms with Gasteiger partial charge in [-0.25, -0.2) is 4.79 Å². The summed E-state index contributed by atoms with van der Waals surface area (Å²) in [7, 11) is 0. The summed E-state index contributed by atoms with van der Waals surface area (Å²) in [6.07, 6.45) is 2.52. The van der Waals surface area contributed by atoms with Crippen LogP contribution in [-0.4, -0.2) is 27.0 Å². The fourth-order valence-corrected chi connectivity index (χ4v) is 1.62. The maximum atomic E-state index is 12.0. The molecule has 0 bridgehead atoms. The summed E-state index contributed by atoms with van der Waals surface area (Å²) >= 11 is 0. The molecule has 0 unspecified atom stereocenters. The molecule has 20 heavy (non-hydrogen) atoms. The Morgan fingerprint density at radius 3 is 2.65 bits per heavy atom. The predicted octanol–water partition coefficient (Wildman–Crippen LogP) is 1.03. The first-order chi connectivity index (χ1) is 9.49. The number of anilines is 1. The predicted molar refractivity (Wildman–Crippen MR) is 70.9 cm³/mol. The molecule has 102 valence electrons. The zero-order valence-electron chi connectivity index (χ0n) is 10.5. The van der Waals surface area contributed by atoms with E-state index in [9.17, 15) is 14.4 Å². The third kappa shape index (κ3) is 2.72. The smallest absolute Gasteiger partial charge is 0.337 e. The number of aryl methyl sites for hydroxylation is 1. The van der Waals surface area contributed by atoms with E-state index in [1.54, 1.807) is 13.0 Å². The zero-order chi connectivity index (χ0) is 14.7. The van der Waals surface area contributed by atoms with E-state index in [1.807, 2.05) is 0 Å². The van der Waals surface area contributed by atoms with E-state index in [4.69, 9.17) is 5.11 Å². The Bertz CT molecular complexity index is 736. The molecule has 0 aliphatic carbocycles. The maximum Gasteiger partial charge on any atom is 0.337 e. The molecule has 7 nitrogen and oxygen atoms in total. The van der Waals surface area contributed by atoms with E-state index in [1.165, 1.54) is 24.5 Å². The first-order valence-corrected chi connectivity index (χ1v) is 5.67. The first-order valence-electron chi connectivity index (χ1n) is 5.67. The van der Waals surface area contributed by atoms with Crippen molar-refractivity contribution in [3.8, 4) is 0 Å². The van der Waals surface area contributed by atoms with Crippen LogP contribution in [0.3, 0.4) is 0 Å². The lowest BCUT2D eigenvalue weighted by molar-refractivity contribution is 0.0698. The van der Waals surface area contributed by atoms with E-state index in [0.717, 1.165) is 0 Å². The van der Waals surface area contributed by atoms with E-state index in [-0.39, 0.29) is 16.8 Å². The number of carboxylic acid groups (broad SMARTS) is 1. The second-order valence-corrected chi connectivity index (χ2v) is 4.06.